The van der Waals surface area contributed by atoms with Crippen molar-refractivity contribution in [1.82, 2.24) is 10.6 Å². The van der Waals surface area contributed by atoms with Crippen LogP contribution in [0.4, 0.5) is 5.69 Å². The van der Waals surface area contributed by atoms with Crippen LogP contribution in [0.3, 0.4) is 0 Å². The maximum absolute atomic E-state index is 11.8. The Morgan fingerprint density at radius 2 is 2.19 bits per heavy atom. The molecule has 1 heterocycles. The van der Waals surface area contributed by atoms with Crippen molar-refractivity contribution in [2.24, 2.45) is 5.92 Å². The summed E-state index contributed by atoms with van der Waals surface area (Å²) in [6, 6.07) is 6.41. The van der Waals surface area contributed by atoms with Crippen LogP contribution in [0, 0.1) is 12.8 Å². The van der Waals surface area contributed by atoms with Gasteiger partial charge in [0.05, 0.1) is 0 Å². The second-order valence-corrected chi connectivity index (χ2v) is 6.30. The molecule has 1 aromatic carbocycles. The van der Waals surface area contributed by atoms with Crippen molar-refractivity contribution < 1.29 is 4.79 Å². The van der Waals surface area contributed by atoms with Crippen molar-refractivity contribution in [2.75, 3.05) is 24.5 Å². The normalized spacial score (nSPS) is 19.0. The molecule has 4 heteroatoms. The van der Waals surface area contributed by atoms with Crippen molar-refractivity contribution >= 4 is 11.6 Å². The van der Waals surface area contributed by atoms with E-state index in [1.807, 2.05) is 6.92 Å². The molecule has 0 aliphatic carbocycles. The summed E-state index contributed by atoms with van der Waals surface area (Å²) in [5, 5.41) is 6.38. The molecule has 0 aromatic heterocycles. The topological polar surface area (TPSA) is 44.4 Å². The van der Waals surface area contributed by atoms with E-state index in [1.54, 1.807) is 0 Å². The van der Waals surface area contributed by atoms with Gasteiger partial charge in [0, 0.05) is 25.3 Å². The van der Waals surface area contributed by atoms with Gasteiger partial charge in [-0.3, -0.25) is 4.79 Å². The molecule has 1 unspecified atom stereocenters. The molecule has 1 amide bonds. The van der Waals surface area contributed by atoms with Crippen LogP contribution in [0.1, 0.15) is 31.9 Å². The average Bonchev–Trinajstić information content (AvgIpc) is 2.43. The third-order valence-electron chi connectivity index (χ3n) is 4.02. The van der Waals surface area contributed by atoms with Gasteiger partial charge in [0.25, 0.3) is 0 Å². The van der Waals surface area contributed by atoms with Gasteiger partial charge in [-0.1, -0.05) is 19.9 Å². The summed E-state index contributed by atoms with van der Waals surface area (Å²) >= 11 is 0. The molecule has 116 valence electrons. The number of nitrogens with zero attached hydrogens (tertiary/aromatic N) is 1. The van der Waals surface area contributed by atoms with Gasteiger partial charge in [0.15, 0.2) is 0 Å². The quantitative estimate of drug-likeness (QED) is 0.872. The van der Waals surface area contributed by atoms with Crippen molar-refractivity contribution in [3.05, 3.63) is 29.3 Å². The van der Waals surface area contributed by atoms with Gasteiger partial charge >= 0.3 is 0 Å². The van der Waals surface area contributed by atoms with Gasteiger partial charge in [-0.25, -0.2) is 0 Å². The molecule has 1 aliphatic heterocycles. The second-order valence-electron chi connectivity index (χ2n) is 6.30. The Bertz CT molecular complexity index is 499. The standard InChI is InChI=1S/C17H27N3O/c1-12(2)10-18-11-15-5-6-16(9-13(15)3)20-8-7-19-17(21)14(20)4/h5-6,9,12,14,18H,7-8,10-11H2,1-4H3,(H,19,21). The summed E-state index contributed by atoms with van der Waals surface area (Å²) in [6.07, 6.45) is 0. The van der Waals surface area contributed by atoms with Crippen LogP contribution in [-0.2, 0) is 11.3 Å². The fraction of sp³-hybridized carbons (Fsp3) is 0.588. The SMILES string of the molecule is Cc1cc(N2CCNC(=O)C2C)ccc1CNCC(C)C. The number of carbonyl (C=O) groups excluding carboxylic acids is 1. The number of carbonyl (C=O) groups is 1. The highest BCUT2D eigenvalue weighted by Gasteiger charge is 2.25. The van der Waals surface area contributed by atoms with Crippen LogP contribution in [0.2, 0.25) is 0 Å². The van der Waals surface area contributed by atoms with Gasteiger partial charge in [-0.05, 0) is 49.6 Å². The maximum Gasteiger partial charge on any atom is 0.242 e. The molecule has 0 radical (unpaired) electrons. The first kappa shape index (κ1) is 15.8. The van der Waals surface area contributed by atoms with Gasteiger partial charge < -0.3 is 15.5 Å². The summed E-state index contributed by atoms with van der Waals surface area (Å²) in [6.45, 7) is 12.1. The molecule has 1 aromatic rings. The number of nitrogens with one attached hydrogen (secondary N) is 2. The summed E-state index contributed by atoms with van der Waals surface area (Å²) in [5.74, 6) is 0.777. The molecule has 1 saturated heterocycles. The van der Waals surface area contributed by atoms with E-state index in [0.29, 0.717) is 5.92 Å². The summed E-state index contributed by atoms with van der Waals surface area (Å²) in [7, 11) is 0. The Balaban J connectivity index is 2.06. The van der Waals surface area contributed by atoms with Crippen LogP contribution >= 0.6 is 0 Å². The van der Waals surface area contributed by atoms with Gasteiger partial charge in [-0.15, -0.1) is 0 Å². The Hall–Kier alpha value is -1.55. The van der Waals surface area contributed by atoms with E-state index in [1.165, 1.54) is 11.1 Å². The Morgan fingerprint density at radius 3 is 2.86 bits per heavy atom. The number of aryl methyl sites for hydroxylation is 1. The molecule has 0 spiro atoms. The molecule has 1 aliphatic rings. The van der Waals surface area contributed by atoms with E-state index < -0.39 is 0 Å². The summed E-state index contributed by atoms with van der Waals surface area (Å²) in [4.78, 5) is 13.9. The lowest BCUT2D eigenvalue weighted by Gasteiger charge is -2.35. The molecule has 0 bridgehead atoms. The van der Waals surface area contributed by atoms with E-state index in [0.717, 1.165) is 31.9 Å². The smallest absolute Gasteiger partial charge is 0.242 e. The first-order valence-corrected chi connectivity index (χ1v) is 7.83. The van der Waals surface area contributed by atoms with E-state index in [-0.39, 0.29) is 11.9 Å². The minimum absolute atomic E-state index is 0.0944. The summed E-state index contributed by atoms with van der Waals surface area (Å²) in [5.41, 5.74) is 3.75. The second kappa shape index (κ2) is 6.94. The van der Waals surface area contributed by atoms with E-state index in [4.69, 9.17) is 0 Å². The maximum atomic E-state index is 11.8. The molecular formula is C17H27N3O. The molecule has 1 fully saturated rings. The summed E-state index contributed by atoms with van der Waals surface area (Å²) < 4.78 is 0. The van der Waals surface area contributed by atoms with Crippen LogP contribution in [0.15, 0.2) is 18.2 Å². The molecule has 0 saturated carbocycles. The number of hydrogen-bond acceptors (Lipinski definition) is 3. The van der Waals surface area contributed by atoms with Gasteiger partial charge in [0.1, 0.15) is 6.04 Å². The predicted octanol–water partition coefficient (Wildman–Crippen LogP) is 2.07. The van der Waals surface area contributed by atoms with Gasteiger partial charge in [-0.2, -0.15) is 0 Å². The third kappa shape index (κ3) is 3.97. The van der Waals surface area contributed by atoms with Crippen LogP contribution < -0.4 is 15.5 Å². The number of anilines is 1. The highest BCUT2D eigenvalue weighted by molar-refractivity contribution is 5.86. The zero-order valence-corrected chi connectivity index (χ0v) is 13.6. The van der Waals surface area contributed by atoms with Gasteiger partial charge in [0.2, 0.25) is 5.91 Å². The van der Waals surface area contributed by atoms with Crippen molar-refractivity contribution in [3.63, 3.8) is 0 Å². The fourth-order valence-electron chi connectivity index (χ4n) is 2.69. The third-order valence-corrected chi connectivity index (χ3v) is 4.02. The lowest BCUT2D eigenvalue weighted by atomic mass is 10.1. The minimum atomic E-state index is -0.0944. The largest absolute Gasteiger partial charge is 0.358 e. The first-order valence-electron chi connectivity index (χ1n) is 7.83. The molecular weight excluding hydrogens is 262 g/mol. The highest BCUT2D eigenvalue weighted by Crippen LogP contribution is 2.22. The monoisotopic (exact) mass is 289 g/mol. The first-order chi connectivity index (χ1) is 9.99. The lowest BCUT2D eigenvalue weighted by molar-refractivity contribution is -0.122. The van der Waals surface area contributed by atoms with Crippen LogP contribution in [0.5, 0.6) is 0 Å². The molecule has 1 atom stereocenters. The van der Waals surface area contributed by atoms with Crippen molar-refractivity contribution in [2.45, 2.75) is 40.3 Å². The van der Waals surface area contributed by atoms with Crippen LogP contribution in [-0.4, -0.2) is 31.6 Å². The molecule has 4 nitrogen and oxygen atoms in total. The minimum Gasteiger partial charge on any atom is -0.358 e. The van der Waals surface area contributed by atoms with E-state index >= 15 is 0 Å². The molecule has 2 rings (SSSR count). The number of hydrogen-bond donors (Lipinski definition) is 2. The Morgan fingerprint density at radius 1 is 1.43 bits per heavy atom. The zero-order chi connectivity index (χ0) is 15.4. The lowest BCUT2D eigenvalue weighted by Crippen LogP contribution is -2.54. The average molecular weight is 289 g/mol. The van der Waals surface area contributed by atoms with Crippen LogP contribution in [0.25, 0.3) is 0 Å². The fourth-order valence-corrected chi connectivity index (χ4v) is 2.69. The number of amides is 1. The van der Waals surface area contributed by atoms with E-state index in [9.17, 15) is 4.79 Å². The predicted molar refractivity (Wildman–Crippen MR) is 87.5 cm³/mol. The number of rotatable bonds is 5. The molecule has 2 N–H and O–H groups in total. The Kier molecular flexibility index (Phi) is 5.23. The number of piperazine rings is 1. The molecule has 21 heavy (non-hydrogen) atoms. The Labute approximate surface area is 127 Å². The van der Waals surface area contributed by atoms with E-state index in [2.05, 4.69) is 54.5 Å². The van der Waals surface area contributed by atoms with Crippen molar-refractivity contribution in [1.29, 1.82) is 0 Å². The highest BCUT2D eigenvalue weighted by atomic mass is 16.2. The van der Waals surface area contributed by atoms with Crippen molar-refractivity contribution in [3.8, 4) is 0 Å². The zero-order valence-electron chi connectivity index (χ0n) is 13.6. The number of benzene rings is 1.